The predicted octanol–water partition coefficient (Wildman–Crippen LogP) is 2.98. The summed E-state index contributed by atoms with van der Waals surface area (Å²) in [6.45, 7) is 0. The van der Waals surface area contributed by atoms with Gasteiger partial charge >= 0.3 is 6.18 Å². The van der Waals surface area contributed by atoms with Crippen molar-refractivity contribution in [2.24, 2.45) is 0 Å². The molecule has 0 amide bonds. The van der Waals surface area contributed by atoms with Gasteiger partial charge in [-0.1, -0.05) is 30.3 Å². The molecule has 0 fully saturated rings. The van der Waals surface area contributed by atoms with Crippen LogP contribution in [0.1, 0.15) is 5.69 Å². The van der Waals surface area contributed by atoms with Crippen molar-refractivity contribution >= 4 is 0 Å². The van der Waals surface area contributed by atoms with Gasteiger partial charge in [-0.2, -0.15) is 18.3 Å². The van der Waals surface area contributed by atoms with Gasteiger partial charge in [0, 0.05) is 11.6 Å². The van der Waals surface area contributed by atoms with E-state index in [1.807, 2.05) is 6.07 Å². The number of aromatic amines is 1. The average molecular weight is 225 g/mol. The number of aromatic nitrogens is 2. The summed E-state index contributed by atoms with van der Waals surface area (Å²) in [5, 5.41) is 6.12. The van der Waals surface area contributed by atoms with Crippen LogP contribution < -0.4 is 0 Å². The monoisotopic (exact) mass is 225 g/mol. The van der Waals surface area contributed by atoms with Crippen LogP contribution in [0, 0.1) is 6.07 Å². The summed E-state index contributed by atoms with van der Waals surface area (Å²) in [7, 11) is 0. The summed E-state index contributed by atoms with van der Waals surface area (Å²) in [6.07, 6.45) is -5.31. The normalized spacial score (nSPS) is 11.7. The van der Waals surface area contributed by atoms with Crippen LogP contribution in [-0.4, -0.2) is 16.4 Å². The Morgan fingerprint density at radius 1 is 1.19 bits per heavy atom. The second-order valence-electron chi connectivity index (χ2n) is 3.33. The highest BCUT2D eigenvalue weighted by atomic mass is 19.4. The highest BCUT2D eigenvalue weighted by Crippen LogP contribution is 2.22. The fourth-order valence-electron chi connectivity index (χ4n) is 1.34. The van der Waals surface area contributed by atoms with E-state index in [4.69, 9.17) is 0 Å². The molecule has 1 N–H and O–H groups in total. The summed E-state index contributed by atoms with van der Waals surface area (Å²) >= 11 is 0. The quantitative estimate of drug-likeness (QED) is 0.836. The highest BCUT2D eigenvalue weighted by Gasteiger charge is 2.29. The van der Waals surface area contributed by atoms with Crippen molar-refractivity contribution in [1.82, 2.24) is 10.2 Å². The Morgan fingerprint density at radius 2 is 1.88 bits per heavy atom. The number of rotatable bonds is 2. The van der Waals surface area contributed by atoms with Gasteiger partial charge in [0.2, 0.25) is 0 Å². The Morgan fingerprint density at radius 3 is 2.50 bits per heavy atom. The van der Waals surface area contributed by atoms with E-state index >= 15 is 0 Å². The lowest BCUT2D eigenvalue weighted by Crippen LogP contribution is -2.11. The van der Waals surface area contributed by atoms with Crippen LogP contribution in [0.25, 0.3) is 11.3 Å². The van der Waals surface area contributed by atoms with Gasteiger partial charge < -0.3 is 0 Å². The molecule has 5 heteroatoms. The second kappa shape index (κ2) is 4.00. The molecule has 2 rings (SSSR count). The lowest BCUT2D eigenvalue weighted by atomic mass is 10.1. The summed E-state index contributed by atoms with van der Waals surface area (Å²) in [5.74, 6) is 0. The zero-order valence-corrected chi connectivity index (χ0v) is 8.17. The zero-order chi connectivity index (χ0) is 11.6. The Hall–Kier alpha value is -1.78. The number of halogens is 3. The molecule has 1 aromatic heterocycles. The Balaban J connectivity index is 2.21. The summed E-state index contributed by atoms with van der Waals surface area (Å²) in [4.78, 5) is 0. The number of nitrogens with one attached hydrogen (secondary N) is 1. The Kier molecular flexibility index (Phi) is 2.68. The van der Waals surface area contributed by atoms with Crippen molar-refractivity contribution in [3.8, 4) is 11.3 Å². The van der Waals surface area contributed by atoms with E-state index in [9.17, 15) is 13.2 Å². The molecule has 0 bridgehead atoms. The first-order valence-corrected chi connectivity index (χ1v) is 4.63. The van der Waals surface area contributed by atoms with Gasteiger partial charge in [0.05, 0.1) is 17.8 Å². The molecule has 83 valence electrons. The van der Waals surface area contributed by atoms with Crippen molar-refractivity contribution in [1.29, 1.82) is 0 Å². The highest BCUT2D eigenvalue weighted by molar-refractivity contribution is 5.58. The van der Waals surface area contributed by atoms with E-state index in [0.717, 1.165) is 5.56 Å². The van der Waals surface area contributed by atoms with Crippen molar-refractivity contribution < 1.29 is 13.2 Å². The smallest absolute Gasteiger partial charge is 0.277 e. The molecular weight excluding hydrogens is 217 g/mol. The maximum absolute atomic E-state index is 12.1. The third-order valence-electron chi connectivity index (χ3n) is 2.00. The molecule has 1 aromatic carbocycles. The lowest BCUT2D eigenvalue weighted by molar-refractivity contribution is -0.127. The van der Waals surface area contributed by atoms with Crippen LogP contribution in [0.3, 0.4) is 0 Å². The van der Waals surface area contributed by atoms with E-state index < -0.39 is 12.6 Å². The minimum atomic E-state index is -4.25. The second-order valence-corrected chi connectivity index (χ2v) is 3.33. The minimum Gasteiger partial charge on any atom is -0.277 e. The number of hydrogen-bond acceptors (Lipinski definition) is 1. The molecule has 0 unspecified atom stereocenters. The number of alkyl halides is 3. The number of nitrogens with zero attached hydrogens (tertiary/aromatic N) is 1. The van der Waals surface area contributed by atoms with E-state index in [1.54, 1.807) is 24.3 Å². The topological polar surface area (TPSA) is 28.7 Å². The predicted molar refractivity (Wildman–Crippen MR) is 52.6 cm³/mol. The van der Waals surface area contributed by atoms with E-state index in [0.29, 0.717) is 5.69 Å². The molecular formula is C11H8F3N2. The fourth-order valence-corrected chi connectivity index (χ4v) is 1.34. The molecule has 0 aliphatic carbocycles. The first-order chi connectivity index (χ1) is 7.54. The first kappa shape index (κ1) is 10.7. The summed E-state index contributed by atoms with van der Waals surface area (Å²) in [5.41, 5.74) is 1.12. The maximum Gasteiger partial charge on any atom is 0.394 e. The lowest BCUT2D eigenvalue weighted by Gasteiger charge is -2.01. The molecule has 1 radical (unpaired) electrons. The first-order valence-electron chi connectivity index (χ1n) is 4.63. The standard InChI is InChI=1S/C11H8F3N2/c12-11(13,14)7-9-6-10(16-15-9)8-4-2-1-3-5-8/h1-5H,7H2,(H,15,16). The van der Waals surface area contributed by atoms with Crippen LogP contribution in [0.5, 0.6) is 0 Å². The fraction of sp³-hybridized carbons (Fsp3) is 0.182. The third-order valence-corrected chi connectivity index (χ3v) is 2.00. The van der Waals surface area contributed by atoms with E-state index in [2.05, 4.69) is 16.3 Å². The zero-order valence-electron chi connectivity index (χ0n) is 8.17. The van der Waals surface area contributed by atoms with Crippen LogP contribution >= 0.6 is 0 Å². The largest absolute Gasteiger partial charge is 0.394 e. The van der Waals surface area contributed by atoms with Crippen LogP contribution in [0.4, 0.5) is 13.2 Å². The number of hydrogen-bond donors (Lipinski definition) is 1. The van der Waals surface area contributed by atoms with Gasteiger partial charge in [-0.15, -0.1) is 0 Å². The molecule has 0 aliphatic heterocycles. The molecule has 2 aromatic rings. The Labute approximate surface area is 90.1 Å². The van der Waals surface area contributed by atoms with E-state index in [1.165, 1.54) is 0 Å². The van der Waals surface area contributed by atoms with E-state index in [-0.39, 0.29) is 5.69 Å². The van der Waals surface area contributed by atoms with Crippen molar-refractivity contribution in [3.63, 3.8) is 0 Å². The third kappa shape index (κ3) is 2.62. The van der Waals surface area contributed by atoms with Crippen LogP contribution in [0.2, 0.25) is 0 Å². The number of H-pyrrole nitrogens is 1. The molecule has 0 spiro atoms. The van der Waals surface area contributed by atoms with Gasteiger partial charge in [0.25, 0.3) is 0 Å². The maximum atomic E-state index is 12.1. The van der Waals surface area contributed by atoms with Gasteiger partial charge in [0.15, 0.2) is 0 Å². The Bertz CT molecular complexity index is 460. The minimum absolute atomic E-state index is 0.119. The number of benzene rings is 1. The van der Waals surface area contributed by atoms with Crippen molar-refractivity contribution in [3.05, 3.63) is 42.1 Å². The van der Waals surface area contributed by atoms with Gasteiger partial charge in [0.1, 0.15) is 0 Å². The molecule has 16 heavy (non-hydrogen) atoms. The van der Waals surface area contributed by atoms with Gasteiger partial charge in [-0.25, -0.2) is 0 Å². The average Bonchev–Trinajstić information content (AvgIpc) is 2.65. The van der Waals surface area contributed by atoms with Gasteiger partial charge in [-0.3, -0.25) is 5.10 Å². The molecule has 0 saturated carbocycles. The molecule has 1 heterocycles. The van der Waals surface area contributed by atoms with Crippen molar-refractivity contribution in [2.75, 3.05) is 0 Å². The summed E-state index contributed by atoms with van der Waals surface area (Å²) < 4.78 is 36.2. The van der Waals surface area contributed by atoms with Crippen LogP contribution in [-0.2, 0) is 6.42 Å². The van der Waals surface area contributed by atoms with Gasteiger partial charge in [-0.05, 0) is 0 Å². The molecule has 0 saturated heterocycles. The SMILES string of the molecule is FC(F)(F)Cc1[c]c(-c2ccccc2)[nH]n1. The summed E-state index contributed by atoms with van der Waals surface area (Å²) in [6, 6.07) is 11.6. The van der Waals surface area contributed by atoms with Crippen LogP contribution in [0.15, 0.2) is 30.3 Å². The molecule has 2 nitrogen and oxygen atoms in total. The molecule has 0 atom stereocenters. The molecule has 0 aliphatic rings. The van der Waals surface area contributed by atoms with Crippen molar-refractivity contribution in [2.45, 2.75) is 12.6 Å².